The van der Waals surface area contributed by atoms with E-state index in [2.05, 4.69) is 15.9 Å². The third-order valence-electron chi connectivity index (χ3n) is 3.39. The highest BCUT2D eigenvalue weighted by molar-refractivity contribution is 9.10. The van der Waals surface area contributed by atoms with Gasteiger partial charge >= 0.3 is 0 Å². The molecule has 1 aliphatic carbocycles. The number of rotatable bonds is 6. The van der Waals surface area contributed by atoms with Crippen LogP contribution < -0.4 is 5.73 Å². The third-order valence-corrected chi connectivity index (χ3v) is 5.76. The predicted octanol–water partition coefficient (Wildman–Crippen LogP) is 2.86. The Balaban J connectivity index is 2.49. The smallest absolute Gasteiger partial charge is 0.246 e. The molecule has 1 saturated carbocycles. The second kappa shape index (κ2) is 6.32. The molecule has 0 aliphatic heterocycles. The molecular weight excluding hydrogens is 359 g/mol. The minimum Gasteiger partial charge on any atom is -0.326 e. The summed E-state index contributed by atoms with van der Waals surface area (Å²) in [5.74, 6) is -0.556. The van der Waals surface area contributed by atoms with Gasteiger partial charge in [0.1, 0.15) is 10.7 Å². The molecule has 2 rings (SSSR count). The summed E-state index contributed by atoms with van der Waals surface area (Å²) < 4.78 is 42.0. The van der Waals surface area contributed by atoms with Gasteiger partial charge in [-0.3, -0.25) is 0 Å². The highest BCUT2D eigenvalue weighted by Crippen LogP contribution is 2.35. The minimum absolute atomic E-state index is 0.00268. The summed E-state index contributed by atoms with van der Waals surface area (Å²) in [5, 5.41) is 0. The lowest BCUT2D eigenvalue weighted by atomic mass is 10.2. The maximum absolute atomic E-state index is 14.4. The van der Waals surface area contributed by atoms with E-state index in [4.69, 9.17) is 5.73 Å². The van der Waals surface area contributed by atoms with Crippen molar-refractivity contribution in [1.29, 1.82) is 0 Å². The van der Waals surface area contributed by atoms with Gasteiger partial charge in [0.15, 0.2) is 0 Å². The van der Waals surface area contributed by atoms with Crippen molar-refractivity contribution < 1.29 is 12.8 Å². The van der Waals surface area contributed by atoms with E-state index in [0.29, 0.717) is 11.0 Å². The molecule has 7 heteroatoms. The number of nitrogens with two attached hydrogens (primary N) is 1. The molecule has 2 N–H and O–H groups in total. The van der Waals surface area contributed by atoms with E-state index in [0.717, 1.165) is 12.8 Å². The maximum atomic E-state index is 14.4. The molecule has 0 spiro atoms. The van der Waals surface area contributed by atoms with Gasteiger partial charge in [0.25, 0.3) is 0 Å². The van der Waals surface area contributed by atoms with Crippen LogP contribution in [0, 0.1) is 11.7 Å². The molecule has 21 heavy (non-hydrogen) atoms. The first kappa shape index (κ1) is 16.9. The van der Waals surface area contributed by atoms with Crippen molar-refractivity contribution in [3.8, 4) is 0 Å². The molecule has 1 fully saturated rings. The van der Waals surface area contributed by atoms with Crippen molar-refractivity contribution in [2.45, 2.75) is 44.2 Å². The van der Waals surface area contributed by atoms with Crippen LogP contribution in [0.5, 0.6) is 0 Å². The van der Waals surface area contributed by atoms with Crippen LogP contribution in [0.4, 0.5) is 4.39 Å². The molecule has 4 nitrogen and oxygen atoms in total. The first-order valence-electron chi connectivity index (χ1n) is 6.97. The Hall–Kier alpha value is -0.500. The maximum Gasteiger partial charge on any atom is 0.246 e. The molecule has 118 valence electrons. The summed E-state index contributed by atoms with van der Waals surface area (Å²) in [4.78, 5) is -0.287. The lowest BCUT2D eigenvalue weighted by Gasteiger charge is -2.24. The van der Waals surface area contributed by atoms with Crippen molar-refractivity contribution in [3.63, 3.8) is 0 Å². The molecule has 0 atom stereocenters. The molecule has 0 heterocycles. The summed E-state index contributed by atoms with van der Waals surface area (Å²) in [6.07, 6.45) is 1.68. The van der Waals surface area contributed by atoms with E-state index in [1.54, 1.807) is 0 Å². The Labute approximate surface area is 133 Å². The lowest BCUT2D eigenvalue weighted by Crippen LogP contribution is -2.36. The number of benzene rings is 1. The zero-order valence-electron chi connectivity index (χ0n) is 12.1. The lowest BCUT2D eigenvalue weighted by molar-refractivity contribution is 0.358. The molecule has 1 aliphatic rings. The monoisotopic (exact) mass is 378 g/mol. The fourth-order valence-electron chi connectivity index (χ4n) is 2.25. The average Bonchev–Trinajstić information content (AvgIpc) is 3.22. The standard InChI is InChI=1S/C14H20BrFN2O2S/c1-9(2)8-18(12-3-4-12)21(19,20)13-6-11(15)5-10(7-17)14(13)16/h5-6,9,12H,3-4,7-8,17H2,1-2H3. The Morgan fingerprint density at radius 1 is 1.43 bits per heavy atom. The van der Waals surface area contributed by atoms with Crippen LogP contribution >= 0.6 is 15.9 Å². The van der Waals surface area contributed by atoms with Crippen molar-refractivity contribution in [2.75, 3.05) is 6.54 Å². The fourth-order valence-corrected chi connectivity index (χ4v) is 4.89. The Kier molecular flexibility index (Phi) is 5.07. The molecule has 0 aromatic heterocycles. The van der Waals surface area contributed by atoms with E-state index >= 15 is 0 Å². The molecule has 0 radical (unpaired) electrons. The van der Waals surface area contributed by atoms with Crippen LogP contribution in [0.2, 0.25) is 0 Å². The second-order valence-electron chi connectivity index (χ2n) is 5.78. The van der Waals surface area contributed by atoms with Crippen molar-refractivity contribution in [1.82, 2.24) is 4.31 Å². The average molecular weight is 379 g/mol. The van der Waals surface area contributed by atoms with Crippen LogP contribution in [0.3, 0.4) is 0 Å². The van der Waals surface area contributed by atoms with Gasteiger partial charge in [-0.1, -0.05) is 29.8 Å². The van der Waals surface area contributed by atoms with Gasteiger partial charge in [-0.2, -0.15) is 4.31 Å². The van der Waals surface area contributed by atoms with Crippen molar-refractivity contribution in [3.05, 3.63) is 28.0 Å². The first-order chi connectivity index (χ1) is 9.77. The summed E-state index contributed by atoms with van der Waals surface area (Å²) in [7, 11) is -3.85. The number of halogens is 2. The topological polar surface area (TPSA) is 63.4 Å². The zero-order chi connectivity index (χ0) is 15.8. The van der Waals surface area contributed by atoms with Crippen LogP contribution in [-0.4, -0.2) is 25.3 Å². The number of sulfonamides is 1. The normalized spacial score (nSPS) is 16.0. The van der Waals surface area contributed by atoms with Crippen molar-refractivity contribution >= 4 is 26.0 Å². The number of nitrogens with zero attached hydrogens (tertiary/aromatic N) is 1. The van der Waals surface area contributed by atoms with Gasteiger partial charge in [-0.05, 0) is 30.9 Å². The molecule has 1 aromatic rings. The first-order valence-corrected chi connectivity index (χ1v) is 9.20. The van der Waals surface area contributed by atoms with Crippen LogP contribution in [0.25, 0.3) is 0 Å². The van der Waals surface area contributed by atoms with Gasteiger partial charge < -0.3 is 5.73 Å². The number of hydrogen-bond acceptors (Lipinski definition) is 3. The van der Waals surface area contributed by atoms with Gasteiger partial charge in [-0.15, -0.1) is 0 Å². The second-order valence-corrected chi connectivity index (χ2v) is 8.56. The molecular formula is C14H20BrFN2O2S. The zero-order valence-corrected chi connectivity index (χ0v) is 14.5. The third kappa shape index (κ3) is 3.64. The van der Waals surface area contributed by atoms with E-state index in [1.165, 1.54) is 16.4 Å². The summed E-state index contributed by atoms with van der Waals surface area (Å²) in [6, 6.07) is 2.83. The Morgan fingerprint density at radius 2 is 2.05 bits per heavy atom. The number of hydrogen-bond donors (Lipinski definition) is 1. The van der Waals surface area contributed by atoms with Crippen molar-refractivity contribution in [2.24, 2.45) is 11.7 Å². The molecule has 0 saturated heterocycles. The van der Waals surface area contributed by atoms with Gasteiger partial charge in [0.05, 0.1) is 0 Å². The van der Waals surface area contributed by atoms with Crippen LogP contribution in [0.15, 0.2) is 21.5 Å². The summed E-state index contributed by atoms with van der Waals surface area (Å²) in [6.45, 7) is 4.26. The van der Waals surface area contributed by atoms with Crippen LogP contribution in [0.1, 0.15) is 32.3 Å². The quantitative estimate of drug-likeness (QED) is 0.827. The molecule has 0 bridgehead atoms. The SMILES string of the molecule is CC(C)CN(C1CC1)S(=O)(=O)c1cc(Br)cc(CN)c1F. The molecule has 0 unspecified atom stereocenters. The van der Waals surface area contributed by atoms with E-state index < -0.39 is 15.8 Å². The summed E-state index contributed by atoms with van der Waals surface area (Å²) >= 11 is 3.23. The highest BCUT2D eigenvalue weighted by atomic mass is 79.9. The fraction of sp³-hybridized carbons (Fsp3) is 0.571. The van der Waals surface area contributed by atoms with Gasteiger partial charge in [0, 0.05) is 29.2 Å². The Morgan fingerprint density at radius 3 is 2.52 bits per heavy atom. The van der Waals surface area contributed by atoms with Gasteiger partial charge in [-0.25, -0.2) is 12.8 Å². The van der Waals surface area contributed by atoms with Crippen LogP contribution in [-0.2, 0) is 16.6 Å². The van der Waals surface area contributed by atoms with E-state index in [1.807, 2.05) is 13.8 Å². The highest BCUT2D eigenvalue weighted by Gasteiger charge is 2.39. The van der Waals surface area contributed by atoms with E-state index in [9.17, 15) is 12.8 Å². The van der Waals surface area contributed by atoms with E-state index in [-0.39, 0.29) is 29.0 Å². The molecule has 0 amide bonds. The minimum atomic E-state index is -3.85. The summed E-state index contributed by atoms with van der Waals surface area (Å²) in [5.41, 5.74) is 5.69. The molecule has 1 aromatic carbocycles. The van der Waals surface area contributed by atoms with Gasteiger partial charge in [0.2, 0.25) is 10.0 Å². The largest absolute Gasteiger partial charge is 0.326 e. The Bertz CT molecular complexity index is 630. The predicted molar refractivity (Wildman–Crippen MR) is 83.7 cm³/mol.